The Morgan fingerprint density at radius 2 is 1.65 bits per heavy atom. The first-order valence-electron chi connectivity index (χ1n) is 9.53. The van der Waals surface area contributed by atoms with Gasteiger partial charge in [-0.15, -0.1) is 0 Å². The Hall–Kier alpha value is -3.39. The lowest BCUT2D eigenvalue weighted by Gasteiger charge is -2.23. The number of ether oxygens (including phenoxy) is 1. The molecule has 3 aromatic carbocycles. The van der Waals surface area contributed by atoms with Crippen LogP contribution in [0.25, 0.3) is 0 Å². The van der Waals surface area contributed by atoms with Gasteiger partial charge in [0.05, 0.1) is 18.5 Å². The molecule has 0 aliphatic rings. The van der Waals surface area contributed by atoms with Gasteiger partial charge in [0.25, 0.3) is 5.91 Å². The molecule has 0 aromatic heterocycles. The molecule has 0 fully saturated rings. The zero-order valence-corrected chi connectivity index (χ0v) is 18.0. The predicted molar refractivity (Wildman–Crippen MR) is 119 cm³/mol. The van der Waals surface area contributed by atoms with Crippen LogP contribution in [0.2, 0.25) is 0 Å². The van der Waals surface area contributed by atoms with Crippen molar-refractivity contribution < 1.29 is 22.3 Å². The number of halogens is 1. The minimum Gasteiger partial charge on any atom is -0.484 e. The van der Waals surface area contributed by atoms with Gasteiger partial charge in [0.2, 0.25) is 10.0 Å². The summed E-state index contributed by atoms with van der Waals surface area (Å²) in [5, 5.41) is 2.78. The molecule has 0 saturated heterocycles. The van der Waals surface area contributed by atoms with Crippen LogP contribution in [0, 0.1) is 12.7 Å². The van der Waals surface area contributed by atoms with E-state index < -0.39 is 15.8 Å². The quantitative estimate of drug-likeness (QED) is 0.570. The summed E-state index contributed by atoms with van der Waals surface area (Å²) < 4.78 is 45.1. The second kappa shape index (κ2) is 9.61. The second-order valence-electron chi connectivity index (χ2n) is 7.01. The van der Waals surface area contributed by atoms with Crippen molar-refractivity contribution in [3.8, 4) is 5.75 Å². The molecule has 0 aliphatic carbocycles. The van der Waals surface area contributed by atoms with Crippen molar-refractivity contribution in [1.82, 2.24) is 0 Å². The highest BCUT2D eigenvalue weighted by molar-refractivity contribution is 7.92. The number of nitrogens with zero attached hydrogens (tertiary/aromatic N) is 1. The molecular weight excluding hydrogens is 419 g/mol. The number of amides is 1. The molecule has 1 N–H and O–H groups in total. The van der Waals surface area contributed by atoms with Gasteiger partial charge in [-0.2, -0.15) is 0 Å². The van der Waals surface area contributed by atoms with Crippen LogP contribution in [0.15, 0.2) is 72.8 Å². The van der Waals surface area contributed by atoms with Crippen LogP contribution >= 0.6 is 0 Å². The summed E-state index contributed by atoms with van der Waals surface area (Å²) in [6.45, 7) is 1.56. The molecule has 0 bridgehead atoms. The van der Waals surface area contributed by atoms with Crippen molar-refractivity contribution in [2.75, 3.05) is 22.5 Å². The molecule has 6 nitrogen and oxygen atoms in total. The Labute approximate surface area is 181 Å². The summed E-state index contributed by atoms with van der Waals surface area (Å²) in [7, 11) is -3.65. The van der Waals surface area contributed by atoms with Gasteiger partial charge >= 0.3 is 0 Å². The van der Waals surface area contributed by atoms with Crippen molar-refractivity contribution >= 4 is 27.3 Å². The summed E-state index contributed by atoms with van der Waals surface area (Å²) in [5.74, 6) is -0.380. The number of rotatable bonds is 8. The SMILES string of the molecule is Cc1ccccc1NC(=O)COc1ccc(N(Cc2ccccc2F)S(C)(=O)=O)cc1. The summed E-state index contributed by atoms with van der Waals surface area (Å²) in [6, 6.07) is 19.7. The normalized spacial score (nSPS) is 11.1. The van der Waals surface area contributed by atoms with Crippen LogP contribution in [0.1, 0.15) is 11.1 Å². The smallest absolute Gasteiger partial charge is 0.262 e. The summed E-state index contributed by atoms with van der Waals surface area (Å²) in [6.07, 6.45) is 1.06. The van der Waals surface area contributed by atoms with Gasteiger partial charge in [-0.3, -0.25) is 9.10 Å². The molecule has 0 aliphatic heterocycles. The molecule has 1 amide bonds. The first kappa shape index (κ1) is 22.3. The zero-order chi connectivity index (χ0) is 22.4. The fourth-order valence-electron chi connectivity index (χ4n) is 2.94. The van der Waals surface area contributed by atoms with E-state index in [2.05, 4.69) is 5.32 Å². The Bertz CT molecular complexity index is 1160. The van der Waals surface area contributed by atoms with Crippen LogP contribution in [-0.4, -0.2) is 27.2 Å². The lowest BCUT2D eigenvalue weighted by atomic mass is 10.2. The van der Waals surface area contributed by atoms with E-state index in [4.69, 9.17) is 4.74 Å². The van der Waals surface area contributed by atoms with Crippen molar-refractivity contribution in [1.29, 1.82) is 0 Å². The number of carbonyl (C=O) groups excluding carboxylic acids is 1. The lowest BCUT2D eigenvalue weighted by Crippen LogP contribution is -2.29. The molecule has 8 heteroatoms. The van der Waals surface area contributed by atoms with Crippen LogP contribution in [0.4, 0.5) is 15.8 Å². The Morgan fingerprint density at radius 3 is 2.29 bits per heavy atom. The number of aryl methyl sites for hydroxylation is 1. The average Bonchev–Trinajstić information content (AvgIpc) is 2.73. The average molecular weight is 443 g/mol. The number of benzene rings is 3. The third-order valence-electron chi connectivity index (χ3n) is 4.59. The molecule has 0 saturated carbocycles. The van der Waals surface area contributed by atoms with Crippen molar-refractivity contribution in [3.63, 3.8) is 0 Å². The molecule has 0 unspecified atom stereocenters. The van der Waals surface area contributed by atoms with E-state index in [1.54, 1.807) is 42.5 Å². The zero-order valence-electron chi connectivity index (χ0n) is 17.2. The van der Waals surface area contributed by atoms with Gasteiger partial charge in [0.15, 0.2) is 6.61 Å². The van der Waals surface area contributed by atoms with E-state index in [0.717, 1.165) is 16.1 Å². The minimum atomic E-state index is -3.65. The monoisotopic (exact) mass is 442 g/mol. The van der Waals surface area contributed by atoms with Crippen molar-refractivity contribution in [3.05, 3.63) is 89.7 Å². The second-order valence-corrected chi connectivity index (χ2v) is 8.91. The molecule has 3 rings (SSSR count). The highest BCUT2D eigenvalue weighted by Gasteiger charge is 2.19. The molecule has 162 valence electrons. The van der Waals surface area contributed by atoms with E-state index in [1.165, 1.54) is 12.1 Å². The Kier molecular flexibility index (Phi) is 6.91. The third-order valence-corrected chi connectivity index (χ3v) is 5.73. The maximum Gasteiger partial charge on any atom is 0.262 e. The topological polar surface area (TPSA) is 75.7 Å². The third kappa shape index (κ3) is 6.05. The van der Waals surface area contributed by atoms with Gasteiger partial charge in [0.1, 0.15) is 11.6 Å². The van der Waals surface area contributed by atoms with Crippen molar-refractivity contribution in [2.45, 2.75) is 13.5 Å². The fraction of sp³-hybridized carbons (Fsp3) is 0.174. The lowest BCUT2D eigenvalue weighted by molar-refractivity contribution is -0.118. The Morgan fingerprint density at radius 1 is 1.00 bits per heavy atom. The first-order valence-corrected chi connectivity index (χ1v) is 11.4. The predicted octanol–water partition coefficient (Wildman–Crippen LogP) is 4.12. The van der Waals surface area contributed by atoms with Gasteiger partial charge in [-0.1, -0.05) is 36.4 Å². The number of anilines is 2. The summed E-state index contributed by atoms with van der Waals surface area (Å²) >= 11 is 0. The molecule has 3 aromatic rings. The van der Waals surface area contributed by atoms with Crippen LogP contribution in [0.5, 0.6) is 5.75 Å². The Balaban J connectivity index is 1.66. The number of hydrogen-bond donors (Lipinski definition) is 1. The van der Waals surface area contributed by atoms with Gasteiger partial charge in [0, 0.05) is 11.3 Å². The van der Waals surface area contributed by atoms with E-state index in [1.807, 2.05) is 25.1 Å². The fourth-order valence-corrected chi connectivity index (χ4v) is 3.82. The van der Waals surface area contributed by atoms with Crippen LogP contribution < -0.4 is 14.4 Å². The maximum absolute atomic E-state index is 14.0. The van der Waals surface area contributed by atoms with E-state index in [0.29, 0.717) is 17.1 Å². The first-order chi connectivity index (χ1) is 14.7. The van der Waals surface area contributed by atoms with Gasteiger partial charge in [-0.05, 0) is 48.9 Å². The number of nitrogens with one attached hydrogen (secondary N) is 1. The van der Waals surface area contributed by atoms with E-state index in [-0.39, 0.29) is 24.6 Å². The van der Waals surface area contributed by atoms with Crippen LogP contribution in [-0.2, 0) is 21.4 Å². The number of carbonyl (C=O) groups is 1. The standard InChI is InChI=1S/C23H23FN2O4S/c1-17-7-3-6-10-22(17)25-23(27)16-30-20-13-11-19(12-14-20)26(31(2,28)29)15-18-8-4-5-9-21(18)24/h3-14H,15-16H2,1-2H3,(H,25,27). The van der Waals surface area contributed by atoms with Gasteiger partial charge in [-0.25, -0.2) is 12.8 Å². The number of para-hydroxylation sites is 1. The molecular formula is C23H23FN2O4S. The van der Waals surface area contributed by atoms with Crippen LogP contribution in [0.3, 0.4) is 0 Å². The van der Waals surface area contributed by atoms with Gasteiger partial charge < -0.3 is 10.1 Å². The number of hydrogen-bond acceptors (Lipinski definition) is 4. The van der Waals surface area contributed by atoms with E-state index >= 15 is 0 Å². The largest absolute Gasteiger partial charge is 0.484 e. The maximum atomic E-state index is 14.0. The molecule has 0 atom stereocenters. The summed E-state index contributed by atoms with van der Waals surface area (Å²) in [5.41, 5.74) is 2.28. The van der Waals surface area contributed by atoms with E-state index in [9.17, 15) is 17.6 Å². The highest BCUT2D eigenvalue weighted by atomic mass is 32.2. The molecule has 31 heavy (non-hydrogen) atoms. The summed E-state index contributed by atoms with van der Waals surface area (Å²) in [4.78, 5) is 12.1. The minimum absolute atomic E-state index is 0.134. The molecule has 0 spiro atoms. The van der Waals surface area contributed by atoms with Crippen molar-refractivity contribution in [2.24, 2.45) is 0 Å². The molecule has 0 heterocycles. The number of sulfonamides is 1. The molecule has 0 radical (unpaired) electrons. The highest BCUT2D eigenvalue weighted by Crippen LogP contribution is 2.24.